The van der Waals surface area contributed by atoms with Gasteiger partial charge in [0.2, 0.25) is 5.60 Å². The quantitative estimate of drug-likeness (QED) is 0.414. The van der Waals surface area contributed by atoms with Gasteiger partial charge in [0.15, 0.2) is 6.10 Å². The fourth-order valence-corrected chi connectivity index (χ4v) is 5.59. The van der Waals surface area contributed by atoms with Gasteiger partial charge in [-0.2, -0.15) is 0 Å². The average Bonchev–Trinajstić information content (AvgIpc) is 2.86. The minimum Gasteiger partial charge on any atom is -0.457 e. The van der Waals surface area contributed by atoms with Crippen LogP contribution in [0.4, 0.5) is 0 Å². The van der Waals surface area contributed by atoms with Crippen LogP contribution in [0.15, 0.2) is 12.2 Å². The van der Waals surface area contributed by atoms with Gasteiger partial charge in [-0.15, -0.1) is 0 Å². The Kier molecular flexibility index (Phi) is 1.68. The summed E-state index contributed by atoms with van der Waals surface area (Å²) < 4.78 is 16.6. The molecule has 5 aliphatic rings. The summed E-state index contributed by atoms with van der Waals surface area (Å²) in [7, 11) is 0. The van der Waals surface area contributed by atoms with Crippen LogP contribution in [0.2, 0.25) is 0 Å². The molecule has 3 saturated heterocycles. The molecule has 0 radical (unpaired) electrons. The second kappa shape index (κ2) is 2.90. The zero-order valence-electron chi connectivity index (χ0n) is 11.8. The number of carbonyl (C=O) groups is 2. The Labute approximate surface area is 121 Å². The largest absolute Gasteiger partial charge is 0.457 e. The van der Waals surface area contributed by atoms with E-state index in [1.807, 2.05) is 6.92 Å². The molecular weight excluding hydrogens is 276 g/mol. The van der Waals surface area contributed by atoms with Crippen molar-refractivity contribution >= 4 is 11.9 Å². The van der Waals surface area contributed by atoms with Crippen molar-refractivity contribution in [1.29, 1.82) is 0 Å². The van der Waals surface area contributed by atoms with Crippen LogP contribution in [-0.2, 0) is 23.8 Å². The van der Waals surface area contributed by atoms with Gasteiger partial charge >= 0.3 is 11.9 Å². The van der Waals surface area contributed by atoms with E-state index in [0.29, 0.717) is 0 Å². The predicted octanol–water partition coefficient (Wildman–Crippen LogP) is -0.0620. The van der Waals surface area contributed by atoms with E-state index in [4.69, 9.17) is 14.2 Å². The first-order valence-electron chi connectivity index (χ1n) is 7.26. The molecule has 1 spiro atoms. The van der Waals surface area contributed by atoms with Gasteiger partial charge < -0.3 is 19.3 Å². The lowest BCUT2D eigenvalue weighted by Gasteiger charge is -2.51. The number of epoxide rings is 1. The highest BCUT2D eigenvalue weighted by Gasteiger charge is 2.95. The van der Waals surface area contributed by atoms with Crippen LogP contribution in [0.1, 0.15) is 20.3 Å². The second-order valence-corrected chi connectivity index (χ2v) is 7.25. The number of fused-ring (bicyclic) bond motifs is 4. The van der Waals surface area contributed by atoms with Crippen molar-refractivity contribution in [2.45, 2.75) is 49.8 Å². The molecule has 3 aliphatic heterocycles. The molecule has 2 aliphatic carbocycles. The summed E-state index contributed by atoms with van der Waals surface area (Å²) in [5.74, 6) is -1.86. The molecule has 0 aromatic carbocycles. The van der Waals surface area contributed by atoms with Gasteiger partial charge in [0.05, 0.1) is 16.9 Å². The smallest absolute Gasteiger partial charge is 0.342 e. The molecule has 112 valence electrons. The molecule has 21 heavy (non-hydrogen) atoms. The van der Waals surface area contributed by atoms with E-state index in [1.165, 1.54) is 0 Å². The molecule has 3 heterocycles. The second-order valence-electron chi connectivity index (χ2n) is 7.25. The highest BCUT2D eigenvalue weighted by atomic mass is 16.7. The van der Waals surface area contributed by atoms with Crippen molar-refractivity contribution in [2.24, 2.45) is 17.3 Å². The van der Waals surface area contributed by atoms with E-state index in [9.17, 15) is 14.7 Å². The zero-order valence-corrected chi connectivity index (χ0v) is 11.8. The summed E-state index contributed by atoms with van der Waals surface area (Å²) in [5.41, 5.74) is -2.60. The van der Waals surface area contributed by atoms with E-state index >= 15 is 0 Å². The fourth-order valence-electron chi connectivity index (χ4n) is 5.59. The topological polar surface area (TPSA) is 85.4 Å². The Hall–Kier alpha value is -1.40. The highest BCUT2D eigenvalue weighted by Crippen LogP contribution is 2.76. The maximum atomic E-state index is 12.3. The number of esters is 2. The monoisotopic (exact) mass is 292 g/mol. The third-order valence-electron chi connectivity index (χ3n) is 6.60. The highest BCUT2D eigenvalue weighted by molar-refractivity contribution is 5.91. The number of carbonyl (C=O) groups excluding carboxylic acids is 2. The van der Waals surface area contributed by atoms with Crippen molar-refractivity contribution in [3.63, 3.8) is 0 Å². The lowest BCUT2D eigenvalue weighted by molar-refractivity contribution is -0.195. The molecule has 2 saturated carbocycles. The molecule has 5 fully saturated rings. The molecule has 8 atom stereocenters. The molecule has 5 rings (SSSR count). The fraction of sp³-hybridized carbons (Fsp3) is 0.733. The molecule has 6 nitrogen and oxygen atoms in total. The van der Waals surface area contributed by atoms with Crippen molar-refractivity contribution in [3.05, 3.63) is 12.2 Å². The minimum atomic E-state index is -1.35. The van der Waals surface area contributed by atoms with Gasteiger partial charge in [0.25, 0.3) is 0 Å². The summed E-state index contributed by atoms with van der Waals surface area (Å²) >= 11 is 0. The Bertz CT molecular complexity index is 642. The van der Waals surface area contributed by atoms with Gasteiger partial charge in [-0.3, -0.25) is 4.79 Å². The van der Waals surface area contributed by atoms with E-state index in [1.54, 1.807) is 6.92 Å². The number of aliphatic hydroxyl groups is 1. The number of hydrogen-bond donors (Lipinski definition) is 1. The number of rotatable bonds is 1. The number of ether oxygens (including phenoxy) is 3. The van der Waals surface area contributed by atoms with Gasteiger partial charge in [-0.05, 0) is 13.8 Å². The summed E-state index contributed by atoms with van der Waals surface area (Å²) in [5, 5.41) is 11.4. The molecule has 3 unspecified atom stereocenters. The first-order chi connectivity index (χ1) is 9.79. The van der Waals surface area contributed by atoms with Crippen LogP contribution in [0, 0.1) is 17.3 Å². The molecule has 2 bridgehead atoms. The maximum Gasteiger partial charge on any atom is 0.342 e. The minimum absolute atomic E-state index is 0.269. The molecule has 0 aromatic heterocycles. The van der Waals surface area contributed by atoms with Crippen molar-refractivity contribution in [3.8, 4) is 0 Å². The van der Waals surface area contributed by atoms with Gasteiger partial charge in [0.1, 0.15) is 12.2 Å². The normalized spacial score (nSPS) is 62.0. The first-order valence-corrected chi connectivity index (χ1v) is 7.26. The first kappa shape index (κ1) is 12.2. The summed E-state index contributed by atoms with van der Waals surface area (Å²) in [4.78, 5) is 24.7. The summed E-state index contributed by atoms with van der Waals surface area (Å²) in [6.07, 6.45) is -1.34. The Morgan fingerprint density at radius 3 is 2.76 bits per heavy atom. The van der Waals surface area contributed by atoms with Crippen molar-refractivity contribution in [1.82, 2.24) is 0 Å². The van der Waals surface area contributed by atoms with E-state index in [0.717, 1.165) is 5.57 Å². The maximum absolute atomic E-state index is 12.3. The van der Waals surface area contributed by atoms with E-state index in [-0.39, 0.29) is 18.4 Å². The molecule has 6 heteroatoms. The van der Waals surface area contributed by atoms with Crippen LogP contribution >= 0.6 is 0 Å². The lowest BCUT2D eigenvalue weighted by atomic mass is 9.53. The van der Waals surface area contributed by atoms with Crippen LogP contribution < -0.4 is 0 Å². The van der Waals surface area contributed by atoms with E-state index < -0.39 is 46.7 Å². The Morgan fingerprint density at radius 1 is 1.38 bits per heavy atom. The van der Waals surface area contributed by atoms with Crippen LogP contribution in [0.25, 0.3) is 0 Å². The zero-order chi connectivity index (χ0) is 14.9. The summed E-state index contributed by atoms with van der Waals surface area (Å²) in [6, 6.07) is 0. The third kappa shape index (κ3) is 0.874. The van der Waals surface area contributed by atoms with Crippen LogP contribution in [0.3, 0.4) is 0 Å². The molecule has 1 N–H and O–H groups in total. The average molecular weight is 292 g/mol. The van der Waals surface area contributed by atoms with Crippen molar-refractivity contribution in [2.75, 3.05) is 0 Å². The molecule has 0 aromatic rings. The van der Waals surface area contributed by atoms with E-state index in [2.05, 4.69) is 6.58 Å². The Morgan fingerprint density at radius 2 is 2.10 bits per heavy atom. The van der Waals surface area contributed by atoms with Crippen molar-refractivity contribution < 1.29 is 28.9 Å². The predicted molar refractivity (Wildman–Crippen MR) is 66.8 cm³/mol. The van der Waals surface area contributed by atoms with Crippen LogP contribution in [-0.4, -0.2) is 46.6 Å². The van der Waals surface area contributed by atoms with Gasteiger partial charge in [0, 0.05) is 12.3 Å². The third-order valence-corrected chi connectivity index (χ3v) is 6.60. The van der Waals surface area contributed by atoms with Crippen LogP contribution in [0.5, 0.6) is 0 Å². The SMILES string of the molecule is C=C(C)[C@@H]1C2OC(=O)[C@H]1C1(O)C[C@H]3O[C@]34C(=O)OC2[C@]14C. The standard InChI is InChI=1S/C15H16O6/c1-5(2)7-8-11(16)19-9(7)10-13(3)14(8,18)4-6-15(13,21-6)12(17)20-10/h6-10,18H,1,4H2,2-3H3/t6-,7+,8+,9?,10?,13-,14?,15+/m1/s1. The molecule has 0 amide bonds. The lowest BCUT2D eigenvalue weighted by Crippen LogP contribution is -2.66. The van der Waals surface area contributed by atoms with Gasteiger partial charge in [-0.25, -0.2) is 4.79 Å². The summed E-state index contributed by atoms with van der Waals surface area (Å²) in [6.45, 7) is 7.55. The number of hydrogen-bond acceptors (Lipinski definition) is 6. The van der Waals surface area contributed by atoms with Gasteiger partial charge in [-0.1, -0.05) is 12.2 Å². The molecular formula is C15H16O6. The Balaban J connectivity index is 1.78.